The van der Waals surface area contributed by atoms with Crippen LogP contribution in [-0.2, 0) is 40.3 Å². The van der Waals surface area contributed by atoms with E-state index in [0.717, 1.165) is 106 Å². The zero-order chi connectivity index (χ0) is 77.0. The van der Waals surface area contributed by atoms with Crippen LogP contribution in [0.4, 0.5) is 34.1 Å². The summed E-state index contributed by atoms with van der Waals surface area (Å²) in [4.78, 5) is 74.1. The minimum atomic E-state index is -1.02. The Balaban J connectivity index is 0.000000151. The molecule has 0 bridgehead atoms. The SMILES string of the molecule is Br.CC1=NN(c2ccc3c(c2)C(C)(C)CC3)C(=O)C1.Cc1cc(N)c(O)c(-c2ccc(C(=O)O)s2)c1.Cc1cc(N=Nc2c(C)[nH]n(-c3ccc4c(c3)C(C)(C)CC4)c2=O)c(O)c(-c2ccc(C(=O)O)s2)c1.Cc1cc(N=Nc2c(C)[nH]n(-c3ccc4c(c3)C(C)(C)CC4)c2=O)c(O)c(-c2ccc(C(=O)O)s2)c1. The van der Waals surface area contributed by atoms with E-state index in [2.05, 4.69) is 114 Å². The Morgan fingerprint density at radius 2 is 0.806 bits per heavy atom. The smallest absolute Gasteiger partial charge is 0.345 e. The maximum atomic E-state index is 13.2. The molecule has 0 radical (unpaired) electrons. The lowest BCUT2D eigenvalue weighted by Gasteiger charge is -2.21. The van der Waals surface area contributed by atoms with Crippen LogP contribution in [0.5, 0.6) is 17.2 Å². The van der Waals surface area contributed by atoms with Crippen molar-refractivity contribution in [3.05, 3.63) is 224 Å². The lowest BCUT2D eigenvalue weighted by molar-refractivity contribution is -0.116. The summed E-state index contributed by atoms with van der Waals surface area (Å²) in [5.74, 6) is -3.21. The normalized spacial score (nSPS) is 14.8. The molecule has 0 unspecified atom stereocenters. The maximum absolute atomic E-state index is 13.2. The second-order valence-corrected chi connectivity index (χ2v) is 32.5. The Labute approximate surface area is 644 Å². The number of carboxylic acid groups (broad SMARTS) is 3. The zero-order valence-electron chi connectivity index (χ0n) is 61.5. The first kappa shape index (κ1) is 78.0. The number of carbonyl (C=O) groups is 4. The van der Waals surface area contributed by atoms with E-state index < -0.39 is 17.9 Å². The highest BCUT2D eigenvalue weighted by atomic mass is 79.9. The van der Waals surface area contributed by atoms with E-state index in [4.69, 9.17) is 10.8 Å². The van der Waals surface area contributed by atoms with Crippen molar-refractivity contribution < 1.29 is 49.8 Å². The number of phenolic OH excluding ortho intramolecular Hbond substituents is 3. The molecule has 4 aliphatic rings. The van der Waals surface area contributed by atoms with E-state index in [1.54, 1.807) is 73.5 Å². The standard InChI is InChI=1S/2C27H26N4O4S.C15H18N2O.C12H11NO3S.BrH/c2*1-14-11-18(21-7-8-22(36-21)26(34)35)24(32)20(12-14)28-29-23-15(2)30-31(25(23)33)17-6-5-16-9-10-27(3,4)19(16)13-17;1-10-8-14(18)17(16-10)12-5-4-11-6-7-15(2,3)13(11)9-12;1-6-4-7(11(14)8(13)5-6)9-2-3-10(17-9)12(15)16;/h2*5-8,11-13,30,32H,9-10H2,1-4H3,(H,34,35);4-5,9H,6-8H2,1-3H3;2-5,14H,13H2,1H3,(H,15,16);1H. The second-order valence-electron chi connectivity index (χ2n) is 29.3. The number of nitrogens with two attached hydrogens (primary N) is 1. The summed E-state index contributed by atoms with van der Waals surface area (Å²) in [7, 11) is 0. The van der Waals surface area contributed by atoms with Crippen LogP contribution in [0.1, 0.15) is 165 Å². The van der Waals surface area contributed by atoms with Crippen molar-refractivity contribution in [3.63, 3.8) is 0 Å². The monoisotopic (exact) mass is 1580 g/mol. The third kappa shape index (κ3) is 16.0. The van der Waals surface area contributed by atoms with Crippen LogP contribution in [0.15, 0.2) is 163 Å². The minimum absolute atomic E-state index is 0. The van der Waals surface area contributed by atoms with E-state index in [0.29, 0.717) is 54.8 Å². The molecule has 1 aliphatic heterocycles. The summed E-state index contributed by atoms with van der Waals surface area (Å²) < 4.78 is 2.94. The van der Waals surface area contributed by atoms with Gasteiger partial charge in [0.1, 0.15) is 31.8 Å². The number of fused-ring (bicyclic) bond motifs is 3. The van der Waals surface area contributed by atoms with Crippen molar-refractivity contribution in [3.8, 4) is 59.9 Å². The Morgan fingerprint density at radius 3 is 1.15 bits per heavy atom. The number of hydrazone groups is 1. The van der Waals surface area contributed by atoms with E-state index in [1.807, 2.05) is 45.9 Å². The van der Waals surface area contributed by atoms with Crippen molar-refractivity contribution in [2.24, 2.45) is 25.6 Å². The number of carbonyl (C=O) groups excluding carboxylic acids is 1. The number of H-pyrrole nitrogens is 2. The number of thiophene rings is 3. The molecule has 6 aromatic carbocycles. The summed E-state index contributed by atoms with van der Waals surface area (Å²) in [5, 5.41) is 87.7. The number of nitrogen functional groups attached to an aromatic ring is 1. The van der Waals surface area contributed by atoms with Gasteiger partial charge in [-0.3, -0.25) is 24.6 Å². The van der Waals surface area contributed by atoms with Gasteiger partial charge in [0, 0.05) is 37.0 Å². The number of rotatable bonds is 13. The molecule has 1 amide bonds. The Morgan fingerprint density at radius 1 is 0.463 bits per heavy atom. The highest BCUT2D eigenvalue weighted by Gasteiger charge is 2.34. The molecular formula is C81H82BrN11O12S3. The largest absolute Gasteiger partial charge is 0.505 e. The predicted molar refractivity (Wildman–Crippen MR) is 430 cm³/mol. The summed E-state index contributed by atoms with van der Waals surface area (Å²) in [6.45, 7) is 24.4. The number of carboxylic acids is 3. The minimum Gasteiger partial charge on any atom is -0.505 e. The van der Waals surface area contributed by atoms with Gasteiger partial charge in [-0.25, -0.2) is 28.8 Å². The van der Waals surface area contributed by atoms with Gasteiger partial charge < -0.3 is 36.4 Å². The van der Waals surface area contributed by atoms with E-state index in [9.17, 15) is 54.3 Å². The van der Waals surface area contributed by atoms with E-state index in [-0.39, 0.29) is 105 Å². The highest BCUT2D eigenvalue weighted by molar-refractivity contribution is 8.93. The van der Waals surface area contributed by atoms with Gasteiger partial charge in [0.25, 0.3) is 17.0 Å². The van der Waals surface area contributed by atoms with Crippen molar-refractivity contribution in [2.45, 2.75) is 144 Å². The topological polar surface area (TPSA) is 356 Å². The summed E-state index contributed by atoms with van der Waals surface area (Å²) in [6.07, 6.45) is 6.99. The number of azo groups is 2. The van der Waals surface area contributed by atoms with Gasteiger partial charge in [-0.05, 0) is 256 Å². The number of phenols is 3. The number of anilines is 2. The van der Waals surface area contributed by atoms with Crippen molar-refractivity contribution in [1.82, 2.24) is 19.6 Å². The number of nitrogens with one attached hydrogen (secondary N) is 2. The van der Waals surface area contributed by atoms with Gasteiger partial charge in [0.15, 0.2) is 22.9 Å². The Hall–Kier alpha value is -11.1. The summed E-state index contributed by atoms with van der Waals surface area (Å²) in [5.41, 5.74) is 22.7. The fourth-order valence-corrected chi connectivity index (χ4v) is 16.5. The molecule has 10 N–H and O–H groups in total. The first-order chi connectivity index (χ1) is 50.6. The third-order valence-corrected chi connectivity index (χ3v) is 23.1. The lowest BCUT2D eigenvalue weighted by Crippen LogP contribution is -2.20. The van der Waals surface area contributed by atoms with Crippen LogP contribution in [0.25, 0.3) is 42.7 Å². The molecule has 6 heterocycles. The first-order valence-electron chi connectivity index (χ1n) is 34.6. The lowest BCUT2D eigenvalue weighted by atomic mass is 9.86. The molecule has 0 fully saturated rings. The number of aromatic carboxylic acids is 3. The maximum Gasteiger partial charge on any atom is 0.345 e. The van der Waals surface area contributed by atoms with Gasteiger partial charge in [-0.1, -0.05) is 59.7 Å². The van der Waals surface area contributed by atoms with Crippen LogP contribution in [-0.4, -0.2) is 79.7 Å². The Kier molecular flexibility index (Phi) is 22.1. The predicted octanol–water partition coefficient (Wildman–Crippen LogP) is 19.4. The van der Waals surface area contributed by atoms with Crippen LogP contribution in [0.2, 0.25) is 0 Å². The molecule has 5 aromatic heterocycles. The summed E-state index contributed by atoms with van der Waals surface area (Å²) in [6, 6.07) is 38.2. The van der Waals surface area contributed by atoms with Crippen molar-refractivity contribution in [1.29, 1.82) is 0 Å². The molecule has 27 heteroatoms. The van der Waals surface area contributed by atoms with E-state index in [1.165, 1.54) is 67.4 Å². The average molecular weight is 1580 g/mol. The molecule has 558 valence electrons. The van der Waals surface area contributed by atoms with Gasteiger partial charge in [-0.15, -0.1) is 71.4 Å². The molecule has 11 aromatic rings. The van der Waals surface area contributed by atoms with Crippen LogP contribution in [0, 0.1) is 34.6 Å². The van der Waals surface area contributed by atoms with Gasteiger partial charge >= 0.3 is 17.9 Å². The van der Waals surface area contributed by atoms with Crippen molar-refractivity contribution >= 4 is 115 Å². The molecule has 23 nitrogen and oxygen atoms in total. The fourth-order valence-electron chi connectivity index (χ4n) is 13.9. The third-order valence-electron chi connectivity index (χ3n) is 19.8. The fraction of sp³-hybridized carbons (Fsp3) is 0.272. The van der Waals surface area contributed by atoms with Gasteiger partial charge in [0.05, 0.1) is 40.6 Å². The van der Waals surface area contributed by atoms with Crippen LogP contribution < -0.4 is 21.9 Å². The molecule has 0 saturated carbocycles. The quantitative estimate of drug-likeness (QED) is 0.0295. The Bertz CT molecular complexity index is 5420. The molecule has 15 rings (SSSR count). The van der Waals surface area contributed by atoms with Gasteiger partial charge in [0.2, 0.25) is 0 Å². The summed E-state index contributed by atoms with van der Waals surface area (Å²) >= 11 is 3.24. The molecule has 0 atom stereocenters. The number of aromatic nitrogens is 4. The number of hydrogen-bond donors (Lipinski definition) is 9. The molecule has 3 aliphatic carbocycles. The van der Waals surface area contributed by atoms with Crippen molar-refractivity contribution in [2.75, 3.05) is 10.7 Å². The number of hydrogen-bond acceptors (Lipinski definition) is 18. The van der Waals surface area contributed by atoms with E-state index >= 15 is 0 Å². The van der Waals surface area contributed by atoms with Gasteiger partial charge in [-0.2, -0.15) is 5.10 Å². The molecular weight excluding hydrogens is 1500 g/mol. The van der Waals surface area contributed by atoms with Crippen LogP contribution >= 0.6 is 51.0 Å². The number of aryl methyl sites for hydroxylation is 8. The number of benzene rings is 6. The first-order valence-corrected chi connectivity index (χ1v) is 37.0. The number of aromatic hydroxyl groups is 3. The highest BCUT2D eigenvalue weighted by Crippen LogP contribution is 2.47. The average Bonchev–Trinajstić information content (AvgIpc) is 1.62. The van der Waals surface area contributed by atoms with Crippen LogP contribution in [0.3, 0.4) is 0 Å². The number of halogens is 1. The molecule has 0 saturated heterocycles. The second kappa shape index (κ2) is 30.6. The number of nitrogens with zero attached hydrogens (tertiary/aromatic N) is 8. The number of aromatic amines is 2. The number of amides is 1. The zero-order valence-corrected chi connectivity index (χ0v) is 65.7. The molecule has 0 spiro atoms. The molecule has 108 heavy (non-hydrogen) atoms.